The van der Waals surface area contributed by atoms with E-state index in [1.807, 2.05) is 0 Å². The highest BCUT2D eigenvalue weighted by molar-refractivity contribution is 14.0. The van der Waals surface area contributed by atoms with E-state index in [-0.39, 0.29) is 24.0 Å². The second kappa shape index (κ2) is 9.49. The molecule has 2 heterocycles. The molecule has 3 rings (SSSR count). The van der Waals surface area contributed by atoms with Crippen molar-refractivity contribution in [3.05, 3.63) is 29.8 Å². The maximum Gasteiger partial charge on any atom is 0.191 e. The van der Waals surface area contributed by atoms with Gasteiger partial charge in [0, 0.05) is 31.9 Å². The molecule has 4 nitrogen and oxygen atoms in total. The third-order valence-electron chi connectivity index (χ3n) is 5.19. The number of anilines is 1. The van der Waals surface area contributed by atoms with Gasteiger partial charge in [0.15, 0.2) is 5.96 Å². The summed E-state index contributed by atoms with van der Waals surface area (Å²) in [6.45, 7) is 7.51. The van der Waals surface area contributed by atoms with Crippen LogP contribution in [-0.4, -0.2) is 37.0 Å². The van der Waals surface area contributed by atoms with E-state index in [0.29, 0.717) is 12.5 Å². The summed E-state index contributed by atoms with van der Waals surface area (Å²) in [5.74, 6) is 1.58. The van der Waals surface area contributed by atoms with Crippen LogP contribution in [0.25, 0.3) is 0 Å². The van der Waals surface area contributed by atoms with Gasteiger partial charge in [-0.05, 0) is 55.7 Å². The van der Waals surface area contributed by atoms with Crippen molar-refractivity contribution >= 4 is 35.6 Å². The Kier molecular flexibility index (Phi) is 7.65. The number of likely N-dealkylation sites (tertiary alicyclic amines) is 1. The molecule has 0 spiro atoms. The van der Waals surface area contributed by atoms with Crippen molar-refractivity contribution in [2.24, 2.45) is 16.6 Å². The van der Waals surface area contributed by atoms with Crippen molar-refractivity contribution in [3.8, 4) is 0 Å². The average molecular weight is 442 g/mol. The fourth-order valence-corrected chi connectivity index (χ4v) is 3.47. The highest BCUT2D eigenvalue weighted by Crippen LogP contribution is 2.23. The quantitative estimate of drug-likeness (QED) is 0.440. The van der Waals surface area contributed by atoms with Crippen LogP contribution in [0.1, 0.15) is 44.6 Å². The van der Waals surface area contributed by atoms with Crippen molar-refractivity contribution in [1.82, 2.24) is 4.90 Å². The number of hydrogen-bond acceptors (Lipinski definition) is 2. The van der Waals surface area contributed by atoms with Crippen LogP contribution in [0.4, 0.5) is 5.69 Å². The van der Waals surface area contributed by atoms with Crippen LogP contribution in [0.5, 0.6) is 0 Å². The minimum absolute atomic E-state index is 0. The molecule has 1 aromatic carbocycles. The maximum atomic E-state index is 6.12. The molecule has 0 saturated carbocycles. The van der Waals surface area contributed by atoms with E-state index in [2.05, 4.69) is 46.0 Å². The molecule has 0 unspecified atom stereocenters. The second-order valence-electron chi connectivity index (χ2n) is 7.06. The summed E-state index contributed by atoms with van der Waals surface area (Å²) in [7, 11) is 0. The molecule has 2 aliphatic rings. The molecule has 0 aliphatic carbocycles. The van der Waals surface area contributed by atoms with E-state index in [1.54, 1.807) is 0 Å². The third kappa shape index (κ3) is 5.26. The molecule has 0 amide bonds. The Morgan fingerprint density at radius 3 is 2.29 bits per heavy atom. The summed E-state index contributed by atoms with van der Waals surface area (Å²) >= 11 is 0. The molecule has 0 atom stereocenters. The van der Waals surface area contributed by atoms with Crippen LogP contribution >= 0.6 is 24.0 Å². The van der Waals surface area contributed by atoms with E-state index in [4.69, 9.17) is 5.73 Å². The van der Waals surface area contributed by atoms with Crippen molar-refractivity contribution in [3.63, 3.8) is 0 Å². The van der Waals surface area contributed by atoms with Crippen molar-refractivity contribution in [2.45, 2.75) is 45.6 Å². The van der Waals surface area contributed by atoms with Crippen LogP contribution in [0, 0.1) is 5.92 Å². The number of aliphatic imine (C=N–C) groups is 1. The molecule has 5 heteroatoms. The molecule has 0 bridgehead atoms. The van der Waals surface area contributed by atoms with Gasteiger partial charge in [-0.15, -0.1) is 24.0 Å². The number of nitrogens with zero attached hydrogens (tertiary/aromatic N) is 3. The SMILES string of the molecule is CC1CCN(c2ccc(CN=C(N)N3CCCCC3)cc2)CC1.I. The van der Waals surface area contributed by atoms with Gasteiger partial charge < -0.3 is 15.5 Å². The zero-order chi connectivity index (χ0) is 16.1. The van der Waals surface area contributed by atoms with E-state index in [9.17, 15) is 0 Å². The normalized spacial score (nSPS) is 20.0. The first-order valence-corrected chi connectivity index (χ1v) is 9.11. The Bertz CT molecular complexity index is 515. The van der Waals surface area contributed by atoms with E-state index >= 15 is 0 Å². The van der Waals surface area contributed by atoms with Crippen LogP contribution in [0.3, 0.4) is 0 Å². The molecular weight excluding hydrogens is 411 g/mol. The Balaban J connectivity index is 0.00000208. The first-order valence-electron chi connectivity index (χ1n) is 9.11. The molecule has 2 aliphatic heterocycles. The molecular formula is C19H31IN4. The number of nitrogens with two attached hydrogens (primary N) is 1. The topological polar surface area (TPSA) is 44.9 Å². The summed E-state index contributed by atoms with van der Waals surface area (Å²) in [6, 6.07) is 8.86. The first-order chi connectivity index (χ1) is 11.2. The minimum atomic E-state index is 0. The lowest BCUT2D eigenvalue weighted by atomic mass is 9.99. The van der Waals surface area contributed by atoms with Crippen molar-refractivity contribution < 1.29 is 0 Å². The third-order valence-corrected chi connectivity index (χ3v) is 5.19. The number of benzene rings is 1. The number of rotatable bonds is 3. The zero-order valence-electron chi connectivity index (χ0n) is 14.8. The predicted molar refractivity (Wildman–Crippen MR) is 113 cm³/mol. The molecule has 2 N–H and O–H groups in total. The summed E-state index contributed by atoms with van der Waals surface area (Å²) < 4.78 is 0. The monoisotopic (exact) mass is 442 g/mol. The van der Waals surface area contributed by atoms with Crippen molar-refractivity contribution in [1.29, 1.82) is 0 Å². The molecule has 2 saturated heterocycles. The van der Waals surface area contributed by atoms with E-state index < -0.39 is 0 Å². The number of halogens is 1. The highest BCUT2D eigenvalue weighted by Gasteiger charge is 2.16. The second-order valence-corrected chi connectivity index (χ2v) is 7.06. The maximum absolute atomic E-state index is 6.12. The Labute approximate surface area is 163 Å². The van der Waals surface area contributed by atoms with Crippen LogP contribution in [0.2, 0.25) is 0 Å². The number of hydrogen-bond donors (Lipinski definition) is 1. The summed E-state index contributed by atoms with van der Waals surface area (Å²) in [6.07, 6.45) is 6.40. The van der Waals surface area contributed by atoms with Gasteiger partial charge in [-0.3, -0.25) is 0 Å². The molecule has 134 valence electrons. The fourth-order valence-electron chi connectivity index (χ4n) is 3.47. The van der Waals surface area contributed by atoms with Gasteiger partial charge >= 0.3 is 0 Å². The average Bonchev–Trinajstić information content (AvgIpc) is 2.61. The lowest BCUT2D eigenvalue weighted by Gasteiger charge is -2.32. The van der Waals surface area contributed by atoms with Gasteiger partial charge in [-0.2, -0.15) is 0 Å². The van der Waals surface area contributed by atoms with Gasteiger partial charge in [0.25, 0.3) is 0 Å². The van der Waals surface area contributed by atoms with Gasteiger partial charge in [0.1, 0.15) is 0 Å². The summed E-state index contributed by atoms with van der Waals surface area (Å²) in [5, 5.41) is 0. The van der Waals surface area contributed by atoms with Crippen LogP contribution in [0.15, 0.2) is 29.3 Å². The fraction of sp³-hybridized carbons (Fsp3) is 0.632. The summed E-state index contributed by atoms with van der Waals surface area (Å²) in [5.41, 5.74) is 8.70. The van der Waals surface area contributed by atoms with Gasteiger partial charge in [-0.25, -0.2) is 4.99 Å². The van der Waals surface area contributed by atoms with Crippen LogP contribution in [-0.2, 0) is 6.54 Å². The lowest BCUT2D eigenvalue weighted by Crippen LogP contribution is -2.40. The Hall–Kier alpha value is -0.980. The van der Waals surface area contributed by atoms with Gasteiger partial charge in [-0.1, -0.05) is 19.1 Å². The van der Waals surface area contributed by atoms with E-state index in [0.717, 1.165) is 19.0 Å². The smallest absolute Gasteiger partial charge is 0.191 e. The predicted octanol–water partition coefficient (Wildman–Crippen LogP) is 3.84. The number of guanidine groups is 1. The highest BCUT2D eigenvalue weighted by atomic mass is 127. The minimum Gasteiger partial charge on any atom is -0.372 e. The molecule has 2 fully saturated rings. The van der Waals surface area contributed by atoms with Crippen molar-refractivity contribution in [2.75, 3.05) is 31.1 Å². The lowest BCUT2D eigenvalue weighted by molar-refractivity contribution is 0.338. The molecule has 1 aromatic rings. The summed E-state index contributed by atoms with van der Waals surface area (Å²) in [4.78, 5) is 9.29. The zero-order valence-corrected chi connectivity index (χ0v) is 17.1. The van der Waals surface area contributed by atoms with Gasteiger partial charge in [0.05, 0.1) is 6.54 Å². The molecule has 0 aromatic heterocycles. The van der Waals surface area contributed by atoms with Crippen LogP contribution < -0.4 is 10.6 Å². The number of piperidine rings is 2. The van der Waals surface area contributed by atoms with Gasteiger partial charge in [0.2, 0.25) is 0 Å². The Morgan fingerprint density at radius 1 is 1.04 bits per heavy atom. The van der Waals surface area contributed by atoms with E-state index in [1.165, 1.54) is 56.4 Å². The Morgan fingerprint density at radius 2 is 1.67 bits per heavy atom. The first kappa shape index (κ1) is 19.3. The largest absolute Gasteiger partial charge is 0.372 e. The molecule has 24 heavy (non-hydrogen) atoms. The molecule has 0 radical (unpaired) electrons. The standard InChI is InChI=1S/C19H30N4.HI/c1-16-9-13-22(14-10-16)18-7-5-17(6-8-18)15-21-19(20)23-11-3-2-4-12-23;/h5-8,16H,2-4,9-15H2,1H3,(H2,20,21);1H.